The molecule has 8 nitrogen and oxygen atoms in total. The minimum absolute atomic E-state index is 0.0368. The zero-order chi connectivity index (χ0) is 26.4. The molecule has 0 saturated heterocycles. The number of hydrogen-bond donors (Lipinski definition) is 3. The van der Waals surface area contributed by atoms with Crippen molar-refractivity contribution in [2.75, 3.05) is 10.6 Å². The highest BCUT2D eigenvalue weighted by Gasteiger charge is 2.22. The second-order valence-corrected chi connectivity index (χ2v) is 10.2. The maximum atomic E-state index is 15.1. The summed E-state index contributed by atoms with van der Waals surface area (Å²) in [4.78, 5) is 29.3. The monoisotopic (exact) mass is 526 g/mol. The number of nitrogens with zero attached hydrogens (tertiary/aromatic N) is 3. The van der Waals surface area contributed by atoms with E-state index in [1.54, 1.807) is 45.9 Å². The van der Waals surface area contributed by atoms with Crippen LogP contribution in [0.4, 0.5) is 20.6 Å². The number of urea groups is 1. The first kappa shape index (κ1) is 23.8. The summed E-state index contributed by atoms with van der Waals surface area (Å²) in [5.41, 5.74) is 7.42. The van der Waals surface area contributed by atoms with Crippen LogP contribution in [0.25, 0.3) is 32.6 Å². The predicted octanol–water partition coefficient (Wildman–Crippen LogP) is 6.43. The van der Waals surface area contributed by atoms with Crippen LogP contribution in [0.15, 0.2) is 66.3 Å². The van der Waals surface area contributed by atoms with Crippen molar-refractivity contribution in [2.45, 2.75) is 26.4 Å². The lowest BCUT2D eigenvalue weighted by atomic mass is 9.96. The topological polar surface area (TPSA) is 101 Å². The Kier molecular flexibility index (Phi) is 5.88. The first-order valence-corrected chi connectivity index (χ1v) is 13.0. The molecular weight excluding hydrogens is 503 g/mol. The molecule has 190 valence electrons. The van der Waals surface area contributed by atoms with Crippen LogP contribution in [0, 0.1) is 5.82 Å². The molecular formula is C28H23FN6O2S. The van der Waals surface area contributed by atoms with Crippen LogP contribution in [0.5, 0.6) is 0 Å². The van der Waals surface area contributed by atoms with E-state index in [9.17, 15) is 9.59 Å². The molecule has 5 aromatic rings. The Morgan fingerprint density at radius 2 is 1.84 bits per heavy atom. The summed E-state index contributed by atoms with van der Waals surface area (Å²) in [5, 5.41) is 12.9. The molecule has 38 heavy (non-hydrogen) atoms. The van der Waals surface area contributed by atoms with Gasteiger partial charge in [0, 0.05) is 29.9 Å². The van der Waals surface area contributed by atoms with Gasteiger partial charge >= 0.3 is 6.03 Å². The number of amides is 3. The van der Waals surface area contributed by atoms with Crippen molar-refractivity contribution in [1.82, 2.24) is 20.1 Å². The molecule has 0 unspecified atom stereocenters. The minimum atomic E-state index is -0.591. The Morgan fingerprint density at radius 1 is 1.05 bits per heavy atom. The lowest BCUT2D eigenvalue weighted by Crippen LogP contribution is -2.20. The van der Waals surface area contributed by atoms with Crippen LogP contribution in [-0.4, -0.2) is 26.7 Å². The van der Waals surface area contributed by atoms with Gasteiger partial charge in [-0.3, -0.25) is 9.48 Å². The van der Waals surface area contributed by atoms with Gasteiger partial charge in [0.2, 0.25) is 0 Å². The number of aromatic nitrogens is 3. The van der Waals surface area contributed by atoms with Crippen molar-refractivity contribution in [2.24, 2.45) is 0 Å². The maximum absolute atomic E-state index is 15.1. The lowest BCUT2D eigenvalue weighted by molar-refractivity contribution is 0.0965. The molecule has 0 saturated carbocycles. The number of hydrogen-bond acceptors (Lipinski definition) is 5. The SMILES string of the molecule is CC(C)n1cc(NC(=O)Nc2ccc(-c3cccc4c3CNC4=O)cc2F)c(-c2ccc3scnc3c2)n1. The summed E-state index contributed by atoms with van der Waals surface area (Å²) in [6.07, 6.45) is 1.76. The lowest BCUT2D eigenvalue weighted by Gasteiger charge is -2.11. The van der Waals surface area contributed by atoms with Crippen LogP contribution in [0.2, 0.25) is 0 Å². The number of benzene rings is 3. The third kappa shape index (κ3) is 4.28. The van der Waals surface area contributed by atoms with E-state index in [1.807, 2.05) is 38.1 Å². The number of thiazole rings is 1. The Bertz CT molecular complexity index is 1720. The van der Waals surface area contributed by atoms with Crippen LogP contribution in [-0.2, 0) is 6.54 Å². The van der Waals surface area contributed by atoms with Gasteiger partial charge in [0.1, 0.15) is 11.5 Å². The van der Waals surface area contributed by atoms with Crippen LogP contribution in [0.3, 0.4) is 0 Å². The Balaban J connectivity index is 1.25. The predicted molar refractivity (Wildman–Crippen MR) is 147 cm³/mol. The van der Waals surface area contributed by atoms with Crippen LogP contribution >= 0.6 is 11.3 Å². The van der Waals surface area contributed by atoms with Crippen molar-refractivity contribution in [1.29, 1.82) is 0 Å². The fourth-order valence-corrected chi connectivity index (χ4v) is 5.21. The van der Waals surface area contributed by atoms with Gasteiger partial charge in [-0.15, -0.1) is 11.3 Å². The molecule has 0 radical (unpaired) electrons. The van der Waals surface area contributed by atoms with Gasteiger partial charge in [-0.05, 0) is 60.9 Å². The summed E-state index contributed by atoms with van der Waals surface area (Å²) < 4.78 is 17.9. The van der Waals surface area contributed by atoms with Crippen LogP contribution < -0.4 is 16.0 Å². The summed E-state index contributed by atoms with van der Waals surface area (Å²) >= 11 is 1.55. The van der Waals surface area contributed by atoms with Crippen molar-refractivity contribution in [3.05, 3.63) is 83.2 Å². The number of fused-ring (bicyclic) bond motifs is 2. The van der Waals surface area contributed by atoms with Crippen molar-refractivity contribution in [3.8, 4) is 22.4 Å². The van der Waals surface area contributed by atoms with Crippen molar-refractivity contribution >= 4 is 44.9 Å². The van der Waals surface area contributed by atoms with E-state index in [2.05, 4.69) is 26.0 Å². The molecule has 0 atom stereocenters. The summed E-state index contributed by atoms with van der Waals surface area (Å²) in [6, 6.07) is 15.3. The molecule has 3 N–H and O–H groups in total. The number of carbonyl (C=O) groups is 2. The molecule has 3 heterocycles. The Hall–Kier alpha value is -4.57. The van der Waals surface area contributed by atoms with E-state index >= 15 is 4.39 Å². The number of carbonyl (C=O) groups excluding carboxylic acids is 2. The molecule has 6 rings (SSSR count). The second-order valence-electron chi connectivity index (χ2n) is 9.29. The molecule has 0 bridgehead atoms. The van der Waals surface area contributed by atoms with Gasteiger partial charge in [-0.1, -0.05) is 24.3 Å². The first-order valence-electron chi connectivity index (χ1n) is 12.1. The highest BCUT2D eigenvalue weighted by Crippen LogP contribution is 2.33. The van der Waals surface area contributed by atoms with E-state index in [4.69, 9.17) is 0 Å². The zero-order valence-corrected chi connectivity index (χ0v) is 21.4. The quantitative estimate of drug-likeness (QED) is 0.246. The molecule has 1 aliphatic heterocycles. The highest BCUT2D eigenvalue weighted by atomic mass is 32.1. The number of anilines is 2. The third-order valence-corrected chi connectivity index (χ3v) is 7.30. The van der Waals surface area contributed by atoms with Gasteiger partial charge in [-0.25, -0.2) is 14.2 Å². The van der Waals surface area contributed by atoms with Crippen LogP contribution in [0.1, 0.15) is 35.8 Å². The van der Waals surface area contributed by atoms with Gasteiger partial charge in [0.05, 0.1) is 27.1 Å². The molecule has 2 aromatic heterocycles. The summed E-state index contributed by atoms with van der Waals surface area (Å²) in [6.45, 7) is 4.39. The second kappa shape index (κ2) is 9.38. The third-order valence-electron chi connectivity index (χ3n) is 6.49. The standard InChI is InChI=1S/C28H23FN6O2S/c1-15(2)35-13-24(26(34-35)17-7-9-25-23(11-17)31-14-38-25)33-28(37)32-22-8-6-16(10-21(22)29)18-4-3-5-19-20(18)12-30-27(19)36/h3-11,13-15H,12H2,1-2H3,(H,30,36)(H2,32,33,37). The van der Waals surface area contributed by atoms with E-state index < -0.39 is 11.8 Å². The molecule has 10 heteroatoms. The molecule has 0 fully saturated rings. The summed E-state index contributed by atoms with van der Waals surface area (Å²) in [5.74, 6) is -0.719. The largest absolute Gasteiger partial charge is 0.348 e. The maximum Gasteiger partial charge on any atom is 0.323 e. The molecule has 3 aromatic carbocycles. The van der Waals surface area contributed by atoms with Gasteiger partial charge in [-0.2, -0.15) is 5.10 Å². The molecule has 1 aliphatic rings. The smallest absolute Gasteiger partial charge is 0.323 e. The molecule has 0 aliphatic carbocycles. The fraction of sp³-hybridized carbons (Fsp3) is 0.143. The van der Waals surface area contributed by atoms with E-state index in [1.165, 1.54) is 12.1 Å². The molecule has 3 amide bonds. The number of nitrogens with one attached hydrogen (secondary N) is 3. The molecule has 0 spiro atoms. The van der Waals surface area contributed by atoms with Gasteiger partial charge in [0.15, 0.2) is 0 Å². The van der Waals surface area contributed by atoms with Gasteiger partial charge < -0.3 is 16.0 Å². The Morgan fingerprint density at radius 3 is 2.66 bits per heavy atom. The van der Waals surface area contributed by atoms with Crippen molar-refractivity contribution in [3.63, 3.8) is 0 Å². The summed E-state index contributed by atoms with van der Waals surface area (Å²) in [7, 11) is 0. The average Bonchev–Trinajstić information content (AvgIpc) is 3.63. The zero-order valence-electron chi connectivity index (χ0n) is 20.6. The number of halogens is 1. The van der Waals surface area contributed by atoms with E-state index in [-0.39, 0.29) is 17.6 Å². The Labute approximate surface area is 221 Å². The van der Waals surface area contributed by atoms with E-state index in [0.717, 1.165) is 26.9 Å². The average molecular weight is 527 g/mol. The minimum Gasteiger partial charge on any atom is -0.348 e. The first-order chi connectivity index (χ1) is 18.4. The van der Waals surface area contributed by atoms with Crippen molar-refractivity contribution < 1.29 is 14.0 Å². The van der Waals surface area contributed by atoms with E-state index in [0.29, 0.717) is 29.1 Å². The van der Waals surface area contributed by atoms with Gasteiger partial charge in [0.25, 0.3) is 5.91 Å². The normalized spacial score (nSPS) is 12.6. The number of rotatable bonds is 5. The highest BCUT2D eigenvalue weighted by molar-refractivity contribution is 7.16. The fourth-order valence-electron chi connectivity index (χ4n) is 4.55.